The smallest absolute Gasteiger partial charge is 0.318 e. The van der Waals surface area contributed by atoms with Crippen LogP contribution in [-0.2, 0) is 11.2 Å². The normalized spacial score (nSPS) is 15.5. The fraction of sp³-hybridized carbons (Fsp3) is 0.520. The van der Waals surface area contributed by atoms with Crippen molar-refractivity contribution in [3.63, 3.8) is 0 Å². The third-order valence-electron chi connectivity index (χ3n) is 5.56. The monoisotopic (exact) mass is 491 g/mol. The summed E-state index contributed by atoms with van der Waals surface area (Å²) in [6, 6.07) is 7.27. The Hall–Kier alpha value is -2.25. The Balaban J connectivity index is 1.77. The zero-order chi connectivity index (χ0) is 24.1. The first kappa shape index (κ1) is 25.4. The van der Waals surface area contributed by atoms with Gasteiger partial charge in [-0.2, -0.15) is 0 Å². The van der Waals surface area contributed by atoms with Gasteiger partial charge in [0.1, 0.15) is 18.9 Å². The quantitative estimate of drug-likeness (QED) is 0.545. The molecule has 0 spiro atoms. The van der Waals surface area contributed by atoms with Crippen LogP contribution in [0.15, 0.2) is 29.6 Å². The second-order valence-electron chi connectivity index (χ2n) is 9.25. The summed E-state index contributed by atoms with van der Waals surface area (Å²) < 4.78 is 6.12. The van der Waals surface area contributed by atoms with Crippen molar-refractivity contribution in [1.29, 1.82) is 0 Å². The predicted molar refractivity (Wildman–Crippen MR) is 134 cm³/mol. The highest BCUT2D eigenvalue weighted by atomic mass is 35.5. The average molecular weight is 492 g/mol. The van der Waals surface area contributed by atoms with E-state index in [0.29, 0.717) is 24.7 Å². The highest BCUT2D eigenvalue weighted by Crippen LogP contribution is 2.34. The summed E-state index contributed by atoms with van der Waals surface area (Å²) in [6.45, 7) is 11.4. The zero-order valence-corrected chi connectivity index (χ0v) is 21.6. The molecule has 0 fully saturated rings. The second kappa shape index (κ2) is 11.3. The van der Waals surface area contributed by atoms with E-state index in [4.69, 9.17) is 16.3 Å². The number of rotatable bonds is 8. The van der Waals surface area contributed by atoms with E-state index in [1.54, 1.807) is 16.2 Å². The maximum absolute atomic E-state index is 13.5. The van der Waals surface area contributed by atoms with Crippen LogP contribution in [-0.4, -0.2) is 54.0 Å². The van der Waals surface area contributed by atoms with E-state index in [1.165, 1.54) is 4.88 Å². The average Bonchev–Trinajstić information content (AvgIpc) is 3.22. The van der Waals surface area contributed by atoms with Gasteiger partial charge >= 0.3 is 6.03 Å². The summed E-state index contributed by atoms with van der Waals surface area (Å²) in [5.74, 6) is 0.921. The molecule has 0 saturated carbocycles. The van der Waals surface area contributed by atoms with Gasteiger partial charge in [0, 0.05) is 29.0 Å². The highest BCUT2D eigenvalue weighted by Gasteiger charge is 2.33. The van der Waals surface area contributed by atoms with Crippen molar-refractivity contribution in [2.75, 3.05) is 26.2 Å². The summed E-state index contributed by atoms with van der Waals surface area (Å²) in [7, 11) is 0. The van der Waals surface area contributed by atoms with Gasteiger partial charge in [0.25, 0.3) is 0 Å². The molecular weight excluding hydrogens is 458 g/mol. The number of hydrogen-bond donors (Lipinski definition) is 1. The van der Waals surface area contributed by atoms with Crippen LogP contribution >= 0.6 is 22.9 Å². The first-order chi connectivity index (χ1) is 15.7. The van der Waals surface area contributed by atoms with E-state index >= 15 is 0 Å². The highest BCUT2D eigenvalue weighted by molar-refractivity contribution is 7.10. The van der Waals surface area contributed by atoms with Gasteiger partial charge in [-0.15, -0.1) is 11.3 Å². The van der Waals surface area contributed by atoms with Crippen LogP contribution in [0.5, 0.6) is 5.75 Å². The molecule has 8 heteroatoms. The molecule has 33 heavy (non-hydrogen) atoms. The van der Waals surface area contributed by atoms with Crippen LogP contribution in [0.3, 0.4) is 0 Å². The van der Waals surface area contributed by atoms with Crippen molar-refractivity contribution in [2.45, 2.75) is 53.1 Å². The lowest BCUT2D eigenvalue weighted by Gasteiger charge is -2.37. The molecule has 1 N–H and O–H groups in total. The van der Waals surface area contributed by atoms with Gasteiger partial charge in [-0.3, -0.25) is 4.79 Å². The third kappa shape index (κ3) is 6.64. The van der Waals surface area contributed by atoms with Crippen molar-refractivity contribution in [1.82, 2.24) is 15.1 Å². The van der Waals surface area contributed by atoms with E-state index in [9.17, 15) is 9.59 Å². The molecule has 1 aromatic heterocycles. The number of hydrogen-bond acceptors (Lipinski definition) is 4. The van der Waals surface area contributed by atoms with Crippen molar-refractivity contribution >= 4 is 34.9 Å². The van der Waals surface area contributed by atoms with Gasteiger partial charge in [-0.05, 0) is 73.9 Å². The number of halogens is 1. The molecule has 3 rings (SSSR count). The summed E-state index contributed by atoms with van der Waals surface area (Å²) >= 11 is 7.86. The Bertz CT molecular complexity index is 976. The summed E-state index contributed by atoms with van der Waals surface area (Å²) in [4.78, 5) is 31.0. The fourth-order valence-corrected chi connectivity index (χ4v) is 5.05. The molecule has 0 saturated heterocycles. The lowest BCUT2D eigenvalue weighted by Crippen LogP contribution is -2.51. The maximum Gasteiger partial charge on any atom is 0.318 e. The molecule has 0 radical (unpaired) electrons. The molecule has 3 amide bonds. The number of urea groups is 1. The summed E-state index contributed by atoms with van der Waals surface area (Å²) in [5, 5.41) is 5.68. The Morgan fingerprint density at radius 3 is 2.70 bits per heavy atom. The number of nitrogens with one attached hydrogen (secondary N) is 1. The Labute approximate surface area is 205 Å². The number of carbonyl (C=O) groups is 2. The Morgan fingerprint density at radius 1 is 1.27 bits per heavy atom. The van der Waals surface area contributed by atoms with Gasteiger partial charge < -0.3 is 19.9 Å². The van der Waals surface area contributed by atoms with E-state index < -0.39 is 0 Å². The maximum atomic E-state index is 13.5. The van der Waals surface area contributed by atoms with E-state index in [0.717, 1.165) is 23.3 Å². The number of thiophene rings is 1. The van der Waals surface area contributed by atoms with E-state index in [-0.39, 0.29) is 36.5 Å². The van der Waals surface area contributed by atoms with E-state index in [1.807, 2.05) is 57.7 Å². The van der Waals surface area contributed by atoms with Crippen molar-refractivity contribution < 1.29 is 14.3 Å². The number of fused-ring (bicyclic) bond motifs is 1. The summed E-state index contributed by atoms with van der Waals surface area (Å²) in [6.07, 6.45) is 0.817. The molecule has 6 nitrogen and oxygen atoms in total. The van der Waals surface area contributed by atoms with Gasteiger partial charge in [0.05, 0.1) is 6.04 Å². The molecular formula is C25H34ClN3O3S. The number of nitrogens with zero attached hydrogens (tertiary/aromatic N) is 2. The SMILES string of the molecule is Cc1cc(OC[C@@H]2c3ccsc3CCN2C(=O)CN(CC(C)C)C(=O)NC(C)C)ccc1Cl. The molecule has 1 aromatic carbocycles. The molecule has 2 aromatic rings. The Kier molecular flexibility index (Phi) is 8.65. The number of ether oxygens (including phenoxy) is 1. The van der Waals surface area contributed by atoms with Crippen LogP contribution < -0.4 is 10.1 Å². The standard InChI is InChI=1S/C25H34ClN3O3S/c1-16(2)13-28(25(31)27-17(3)4)14-24(30)29-10-8-23-20(9-11-33-23)22(29)15-32-19-6-7-21(26)18(5)12-19/h6-7,9,11-12,16-17,22H,8,10,13-15H2,1-5H3,(H,27,31)/t22-/m1/s1. The minimum absolute atomic E-state index is 0.00889. The molecule has 1 atom stereocenters. The van der Waals surface area contributed by atoms with Crippen LogP contribution in [0.1, 0.15) is 49.7 Å². The first-order valence-electron chi connectivity index (χ1n) is 11.5. The van der Waals surface area contributed by atoms with Gasteiger partial charge in [0.2, 0.25) is 5.91 Å². The summed E-state index contributed by atoms with van der Waals surface area (Å²) in [5.41, 5.74) is 2.08. The second-order valence-corrected chi connectivity index (χ2v) is 10.7. The van der Waals surface area contributed by atoms with Crippen LogP contribution in [0, 0.1) is 12.8 Å². The third-order valence-corrected chi connectivity index (χ3v) is 6.98. The topological polar surface area (TPSA) is 61.9 Å². The van der Waals surface area contributed by atoms with Crippen LogP contribution in [0.25, 0.3) is 0 Å². The van der Waals surface area contributed by atoms with Gasteiger partial charge in [-0.25, -0.2) is 4.79 Å². The Morgan fingerprint density at radius 2 is 2.03 bits per heavy atom. The minimum atomic E-state index is -0.204. The largest absolute Gasteiger partial charge is 0.491 e. The fourth-order valence-electron chi connectivity index (χ4n) is 4.01. The predicted octanol–water partition coefficient (Wildman–Crippen LogP) is 5.29. The van der Waals surface area contributed by atoms with Gasteiger partial charge in [-0.1, -0.05) is 25.4 Å². The molecule has 180 valence electrons. The molecule has 1 aliphatic heterocycles. The number of benzene rings is 1. The molecule has 0 unspecified atom stereocenters. The van der Waals surface area contributed by atoms with Crippen LogP contribution in [0.4, 0.5) is 4.79 Å². The molecule has 0 bridgehead atoms. The van der Waals surface area contributed by atoms with Gasteiger partial charge in [0.15, 0.2) is 0 Å². The van der Waals surface area contributed by atoms with Crippen molar-refractivity contribution in [2.24, 2.45) is 5.92 Å². The van der Waals surface area contributed by atoms with E-state index in [2.05, 4.69) is 16.8 Å². The van der Waals surface area contributed by atoms with Crippen LogP contribution in [0.2, 0.25) is 5.02 Å². The zero-order valence-electron chi connectivity index (χ0n) is 20.1. The molecule has 1 aliphatic rings. The molecule has 0 aliphatic carbocycles. The lowest BCUT2D eigenvalue weighted by atomic mass is 10.0. The van der Waals surface area contributed by atoms with Crippen molar-refractivity contribution in [3.05, 3.63) is 50.7 Å². The number of aryl methyl sites for hydroxylation is 1. The number of carbonyl (C=O) groups excluding carboxylic acids is 2. The number of amides is 3. The lowest BCUT2D eigenvalue weighted by molar-refractivity contribution is -0.135. The molecule has 2 heterocycles. The minimum Gasteiger partial charge on any atom is -0.491 e. The first-order valence-corrected chi connectivity index (χ1v) is 12.7. The van der Waals surface area contributed by atoms with Crippen molar-refractivity contribution in [3.8, 4) is 5.75 Å².